The summed E-state index contributed by atoms with van der Waals surface area (Å²) in [5.74, 6) is 0. The van der Waals surface area contributed by atoms with E-state index in [9.17, 15) is 8.42 Å². The maximum absolute atomic E-state index is 13.2. The minimum absolute atomic E-state index is 0. The van der Waals surface area contributed by atoms with Crippen LogP contribution in [0.15, 0.2) is 65.6 Å². The largest absolute Gasteiger partial charge is 0.412 e. The van der Waals surface area contributed by atoms with Crippen LogP contribution in [0.2, 0.25) is 0 Å². The Morgan fingerprint density at radius 1 is 0.909 bits per heavy atom. The van der Waals surface area contributed by atoms with Gasteiger partial charge in [0.25, 0.3) is 10.0 Å². The van der Waals surface area contributed by atoms with Gasteiger partial charge in [0.2, 0.25) is 0 Å². The minimum Gasteiger partial charge on any atom is -0.412 e. The number of halogens is 2. The molecule has 3 aromatic carbocycles. The first-order chi connectivity index (χ1) is 14.4. The molecule has 0 aliphatic carbocycles. The number of anilines is 2. The maximum Gasteiger partial charge on any atom is 0.262 e. The van der Waals surface area contributed by atoms with Crippen LogP contribution in [0, 0.1) is 0 Å². The van der Waals surface area contributed by atoms with Crippen molar-refractivity contribution < 1.29 is 18.6 Å². The lowest BCUT2D eigenvalue weighted by Gasteiger charge is -2.26. The van der Waals surface area contributed by atoms with Gasteiger partial charge >= 0.3 is 0 Å². The van der Waals surface area contributed by atoms with Crippen LogP contribution in [-0.4, -0.2) is 59.2 Å². The van der Waals surface area contributed by atoms with Gasteiger partial charge in [-0.2, -0.15) is 0 Å². The summed E-state index contributed by atoms with van der Waals surface area (Å²) in [5, 5.41) is 1.62. The monoisotopic (exact) mass is 515 g/mol. The summed E-state index contributed by atoms with van der Waals surface area (Å²) < 4.78 is 34.4. The van der Waals surface area contributed by atoms with Gasteiger partial charge in [-0.3, -0.25) is 9.62 Å². The molecule has 3 N–H and O–H groups in total. The standard InChI is InChI=1S/C23H27N3O3S.2ClH.H2O/c1-25(2)22-7-3-6-21-20(22)5-4-8-23(21)30(27,28)24-19-11-9-18(10-12-19)17-26-13-15-29-16-14-26;;;/h3-12,24H,13-17H2,1-2H3;2*1H;1H2. The molecule has 1 fully saturated rings. The van der Waals surface area contributed by atoms with E-state index in [0.29, 0.717) is 11.1 Å². The lowest BCUT2D eigenvalue weighted by molar-refractivity contribution is 0.0342. The predicted octanol–water partition coefficient (Wildman–Crippen LogP) is 3.56. The van der Waals surface area contributed by atoms with Crippen molar-refractivity contribution in [1.29, 1.82) is 0 Å². The van der Waals surface area contributed by atoms with E-state index in [1.165, 1.54) is 0 Å². The van der Waals surface area contributed by atoms with Crippen molar-refractivity contribution in [2.45, 2.75) is 11.4 Å². The van der Waals surface area contributed by atoms with Crippen LogP contribution >= 0.6 is 24.8 Å². The van der Waals surface area contributed by atoms with Crippen LogP contribution < -0.4 is 9.62 Å². The molecule has 4 rings (SSSR count). The van der Waals surface area contributed by atoms with Crippen molar-refractivity contribution in [2.75, 3.05) is 50.0 Å². The number of morpholine rings is 1. The summed E-state index contributed by atoms with van der Waals surface area (Å²) in [6, 6.07) is 18.7. The van der Waals surface area contributed by atoms with Gasteiger partial charge in [0, 0.05) is 55.9 Å². The summed E-state index contributed by atoms with van der Waals surface area (Å²) in [6.45, 7) is 4.21. The first-order valence-electron chi connectivity index (χ1n) is 10.0. The van der Waals surface area contributed by atoms with E-state index in [4.69, 9.17) is 4.74 Å². The van der Waals surface area contributed by atoms with E-state index in [1.54, 1.807) is 12.1 Å². The number of rotatable bonds is 6. The zero-order valence-corrected chi connectivity index (χ0v) is 21.1. The molecule has 10 heteroatoms. The highest BCUT2D eigenvalue weighted by Gasteiger charge is 2.19. The van der Waals surface area contributed by atoms with E-state index >= 15 is 0 Å². The van der Waals surface area contributed by atoms with Crippen LogP contribution in [0.1, 0.15) is 5.56 Å². The molecular weight excluding hydrogens is 485 g/mol. The quantitative estimate of drug-likeness (QED) is 0.541. The van der Waals surface area contributed by atoms with E-state index in [1.807, 2.05) is 67.5 Å². The molecule has 7 nitrogen and oxygen atoms in total. The third-order valence-corrected chi connectivity index (χ3v) is 6.79. The zero-order chi connectivity index (χ0) is 21.1. The van der Waals surface area contributed by atoms with E-state index < -0.39 is 10.0 Å². The number of hydrogen-bond acceptors (Lipinski definition) is 5. The predicted molar refractivity (Wildman–Crippen MR) is 140 cm³/mol. The molecule has 0 aromatic heterocycles. The fourth-order valence-electron chi connectivity index (χ4n) is 3.79. The molecule has 3 aromatic rings. The second-order valence-corrected chi connectivity index (χ2v) is 9.36. The Morgan fingerprint density at radius 2 is 1.52 bits per heavy atom. The number of ether oxygens (including phenoxy) is 1. The molecule has 0 radical (unpaired) electrons. The van der Waals surface area contributed by atoms with Crippen LogP contribution in [-0.2, 0) is 21.3 Å². The molecule has 0 saturated carbocycles. The average Bonchev–Trinajstić information content (AvgIpc) is 2.74. The Hall–Kier alpha value is -2.07. The minimum atomic E-state index is -3.72. The molecule has 0 amide bonds. The molecule has 1 aliphatic heterocycles. The topological polar surface area (TPSA) is 93.4 Å². The van der Waals surface area contributed by atoms with Crippen LogP contribution in [0.5, 0.6) is 0 Å². The van der Waals surface area contributed by atoms with Gasteiger partial charge in [0.15, 0.2) is 0 Å². The van der Waals surface area contributed by atoms with Crippen molar-refractivity contribution in [3.63, 3.8) is 0 Å². The molecule has 1 heterocycles. The van der Waals surface area contributed by atoms with Gasteiger partial charge in [-0.05, 0) is 29.8 Å². The molecule has 0 spiro atoms. The average molecular weight is 516 g/mol. The van der Waals surface area contributed by atoms with Crippen molar-refractivity contribution >= 4 is 57.0 Å². The summed E-state index contributed by atoms with van der Waals surface area (Å²) >= 11 is 0. The summed E-state index contributed by atoms with van der Waals surface area (Å²) in [5.41, 5.74) is 2.69. The first kappa shape index (κ1) is 29.0. The lowest BCUT2D eigenvalue weighted by atomic mass is 10.1. The molecule has 33 heavy (non-hydrogen) atoms. The Labute approximate surface area is 207 Å². The highest BCUT2D eigenvalue weighted by molar-refractivity contribution is 7.93. The smallest absolute Gasteiger partial charge is 0.262 e. The molecule has 0 bridgehead atoms. The number of sulfonamides is 1. The van der Waals surface area contributed by atoms with Crippen LogP contribution in [0.4, 0.5) is 11.4 Å². The van der Waals surface area contributed by atoms with Crippen molar-refractivity contribution in [1.82, 2.24) is 4.90 Å². The Balaban J connectivity index is 0.00000181. The van der Waals surface area contributed by atoms with E-state index in [2.05, 4.69) is 9.62 Å². The van der Waals surface area contributed by atoms with E-state index in [0.717, 1.165) is 49.5 Å². The van der Waals surface area contributed by atoms with Crippen LogP contribution in [0.3, 0.4) is 0 Å². The van der Waals surface area contributed by atoms with Gasteiger partial charge in [-0.1, -0.05) is 36.4 Å². The normalized spacial score (nSPS) is 13.9. The van der Waals surface area contributed by atoms with Crippen molar-refractivity contribution in [3.05, 3.63) is 66.2 Å². The molecule has 0 unspecified atom stereocenters. The molecular formula is C23H31Cl2N3O4S. The SMILES string of the molecule is CN(C)c1cccc2c(S(=O)(=O)Nc3ccc(CN4CCOCC4)cc3)cccc12.Cl.Cl.O. The summed E-state index contributed by atoms with van der Waals surface area (Å²) in [7, 11) is 0.184. The molecule has 182 valence electrons. The zero-order valence-electron chi connectivity index (χ0n) is 18.7. The number of hydrogen-bond donors (Lipinski definition) is 1. The van der Waals surface area contributed by atoms with Gasteiger partial charge in [0.05, 0.1) is 18.1 Å². The number of nitrogens with one attached hydrogen (secondary N) is 1. The third-order valence-electron chi connectivity index (χ3n) is 5.35. The summed E-state index contributed by atoms with van der Waals surface area (Å²) in [6.07, 6.45) is 0. The fraction of sp³-hybridized carbons (Fsp3) is 0.304. The van der Waals surface area contributed by atoms with Crippen molar-refractivity contribution in [2.24, 2.45) is 0 Å². The number of benzene rings is 3. The highest BCUT2D eigenvalue weighted by Crippen LogP contribution is 2.31. The Kier molecular flexibility index (Phi) is 10.9. The maximum atomic E-state index is 13.2. The first-order valence-corrected chi connectivity index (χ1v) is 11.5. The third kappa shape index (κ3) is 6.72. The number of fused-ring (bicyclic) bond motifs is 1. The molecule has 1 saturated heterocycles. The fourth-order valence-corrected chi connectivity index (χ4v) is 5.08. The highest BCUT2D eigenvalue weighted by atomic mass is 35.5. The summed E-state index contributed by atoms with van der Waals surface area (Å²) in [4.78, 5) is 4.60. The second kappa shape index (κ2) is 12.4. The van der Waals surface area contributed by atoms with Crippen LogP contribution in [0.25, 0.3) is 10.8 Å². The second-order valence-electron chi connectivity index (χ2n) is 7.71. The van der Waals surface area contributed by atoms with Crippen molar-refractivity contribution in [3.8, 4) is 0 Å². The van der Waals surface area contributed by atoms with Gasteiger partial charge < -0.3 is 15.1 Å². The molecule has 1 aliphatic rings. The lowest BCUT2D eigenvalue weighted by Crippen LogP contribution is -2.35. The van der Waals surface area contributed by atoms with Gasteiger partial charge in [-0.15, -0.1) is 24.8 Å². The van der Waals surface area contributed by atoms with E-state index in [-0.39, 0.29) is 35.2 Å². The Morgan fingerprint density at radius 3 is 2.15 bits per heavy atom. The number of nitrogens with zero attached hydrogens (tertiary/aromatic N) is 2. The Bertz CT molecular complexity index is 1140. The van der Waals surface area contributed by atoms with Gasteiger partial charge in [0.1, 0.15) is 0 Å². The molecule has 0 atom stereocenters. The van der Waals surface area contributed by atoms with Gasteiger partial charge in [-0.25, -0.2) is 8.42 Å².